The molecule has 2 saturated heterocycles. The smallest absolute Gasteiger partial charge is 0.407 e. The average molecular weight is 1260 g/mol. The highest BCUT2D eigenvalue weighted by Gasteiger charge is 2.45. The first-order chi connectivity index (χ1) is 42.5. The molecule has 2 fully saturated rings. The van der Waals surface area contributed by atoms with E-state index in [0.29, 0.717) is 104 Å². The highest BCUT2D eigenvalue weighted by molar-refractivity contribution is 5.75. The summed E-state index contributed by atoms with van der Waals surface area (Å²) in [5.41, 5.74) is 0.160. The van der Waals surface area contributed by atoms with Crippen molar-refractivity contribution in [2.75, 3.05) is 145 Å². The van der Waals surface area contributed by atoms with Gasteiger partial charge in [0.15, 0.2) is 0 Å². The number of carbonyl (C=O) groups excluding carboxylic acids is 6. The van der Waals surface area contributed by atoms with Crippen molar-refractivity contribution in [3.63, 3.8) is 0 Å². The second-order valence-corrected chi connectivity index (χ2v) is 21.3. The maximum atomic E-state index is 13.1. The van der Waals surface area contributed by atoms with E-state index in [2.05, 4.69) is 47.9 Å². The predicted octanol–water partition coefficient (Wildman–Crippen LogP) is -2.22. The number of rotatable bonds is 47. The van der Waals surface area contributed by atoms with Crippen molar-refractivity contribution in [2.24, 2.45) is 0 Å². The number of urea groups is 3. The summed E-state index contributed by atoms with van der Waals surface area (Å²) in [6.07, 6.45) is -5.24. The van der Waals surface area contributed by atoms with E-state index in [1.807, 2.05) is 37.3 Å². The number of hydrogen-bond acceptors (Lipinski definition) is 22. The Morgan fingerprint density at radius 3 is 1.22 bits per heavy atom. The molecule has 15 N–H and O–H groups in total. The first-order valence-electron chi connectivity index (χ1n) is 30.3. The molecule has 2 heterocycles. The third-order valence-corrected chi connectivity index (χ3v) is 14.0. The molecule has 11 atom stereocenters. The molecule has 1 unspecified atom stereocenters. The van der Waals surface area contributed by atoms with Crippen LogP contribution in [0.3, 0.4) is 0 Å². The molecule has 1 aromatic carbocycles. The van der Waals surface area contributed by atoms with Gasteiger partial charge in [0.05, 0.1) is 117 Å². The standard InChI is InChI=1S/C57H101N9O22/c1-40(69)64-47-43(87-45(37-67)49(71)51(47)73)13-7-23-79-29-31-81-25-19-60-53(75)58-17-9-15-57(3,66-55(77)62-21-27-83-33-35-85-36-34-84-28-22-63-56(78)86-39-42-11-5-4-6-12-42)16-10-18-59-54(76)61-20-26-82-32-30-80-24-8-14-44-48(65-41(2)70)52(74)50(72)46(38-68)88-44/h4-6,11-12,43-52,67-68,71-74H,7-10,13-39H2,1-3H3,(H,63,78)(H,64,69)(H,65,70)(H2,58,60,75)(H2,59,61,76)(H2,62,66,77)/t43-,44-,45-,46-,47+,48+,49-,50+,51-,52-,57?/m1/s1. The highest BCUT2D eigenvalue weighted by Crippen LogP contribution is 2.26. The Morgan fingerprint density at radius 1 is 0.455 bits per heavy atom. The van der Waals surface area contributed by atoms with Crippen LogP contribution in [-0.4, -0.2) is 278 Å². The fourth-order valence-corrected chi connectivity index (χ4v) is 9.43. The largest absolute Gasteiger partial charge is 0.445 e. The van der Waals surface area contributed by atoms with E-state index >= 15 is 0 Å². The minimum Gasteiger partial charge on any atom is -0.445 e. The Balaban J connectivity index is 1.28. The lowest BCUT2D eigenvalue weighted by Gasteiger charge is -2.42. The van der Waals surface area contributed by atoms with Crippen molar-refractivity contribution in [1.82, 2.24) is 47.9 Å². The number of benzene rings is 1. The number of aliphatic hydroxyl groups excluding tert-OH is 6. The van der Waals surface area contributed by atoms with Gasteiger partial charge < -0.3 is 126 Å². The average Bonchev–Trinajstić information content (AvgIpc) is 1.18. The summed E-state index contributed by atoms with van der Waals surface area (Å²) in [5, 5.41) is 85.3. The van der Waals surface area contributed by atoms with Gasteiger partial charge in [-0.05, 0) is 63.9 Å². The molecule has 2 aliphatic rings. The minimum absolute atomic E-state index is 0.178. The van der Waals surface area contributed by atoms with Gasteiger partial charge in [-0.15, -0.1) is 0 Å². The molecule has 31 heteroatoms. The van der Waals surface area contributed by atoms with E-state index in [1.165, 1.54) is 13.8 Å². The molecule has 9 amide bonds. The van der Waals surface area contributed by atoms with Crippen LogP contribution in [-0.2, 0) is 63.6 Å². The van der Waals surface area contributed by atoms with Crippen molar-refractivity contribution in [1.29, 1.82) is 0 Å². The maximum Gasteiger partial charge on any atom is 0.407 e. The molecule has 0 bridgehead atoms. The van der Waals surface area contributed by atoms with Crippen LogP contribution in [0.25, 0.3) is 0 Å². The fraction of sp³-hybridized carbons (Fsp3) is 0.789. The first-order valence-corrected chi connectivity index (χ1v) is 30.3. The Labute approximate surface area is 515 Å². The van der Waals surface area contributed by atoms with Gasteiger partial charge in [-0.1, -0.05) is 30.3 Å². The predicted molar refractivity (Wildman–Crippen MR) is 316 cm³/mol. The van der Waals surface area contributed by atoms with E-state index < -0.39 is 104 Å². The zero-order valence-corrected chi connectivity index (χ0v) is 51.3. The van der Waals surface area contributed by atoms with E-state index in [1.54, 1.807) is 0 Å². The molecular weight excluding hydrogens is 1160 g/mol. The molecule has 0 aromatic heterocycles. The van der Waals surface area contributed by atoms with Gasteiger partial charge in [0.2, 0.25) is 11.8 Å². The van der Waals surface area contributed by atoms with E-state index in [-0.39, 0.29) is 97.5 Å². The van der Waals surface area contributed by atoms with Gasteiger partial charge in [0.1, 0.15) is 43.2 Å². The summed E-state index contributed by atoms with van der Waals surface area (Å²) in [6.45, 7) is 9.26. The molecule has 0 aliphatic carbocycles. The number of alkyl carbamates (subject to hydrolysis) is 1. The first kappa shape index (κ1) is 76.9. The van der Waals surface area contributed by atoms with Crippen LogP contribution < -0.4 is 47.9 Å². The summed E-state index contributed by atoms with van der Waals surface area (Å²) < 4.78 is 55.6. The Kier molecular flexibility index (Phi) is 40.8. The van der Waals surface area contributed by atoms with E-state index in [4.69, 9.17) is 47.4 Å². The van der Waals surface area contributed by atoms with Gasteiger partial charge in [-0.25, -0.2) is 19.2 Å². The highest BCUT2D eigenvalue weighted by atomic mass is 16.6. The molecule has 1 aromatic rings. The SMILES string of the molecule is CC(=O)N[C@@H]1[C@@H](O)[C@@H](O)[C@@H](CO)O[C@@H]1CCCOCCOCCNC(=O)NCCCC(C)(CCCNC(=O)NCCOCCOCCC[C@H]1O[C@H](CO)[C@@H](O)[C@H](O)[C@H]1NC(C)=O)NC(=O)NCCOCCOCCOCCNC(=O)OCc1ccccc1. The van der Waals surface area contributed by atoms with E-state index in [0.717, 1.165) is 5.56 Å². The van der Waals surface area contributed by atoms with E-state index in [9.17, 15) is 59.4 Å². The topological polar surface area (TPSA) is 424 Å². The number of aliphatic hydroxyl groups is 6. The molecule has 2 aliphatic heterocycles. The molecular formula is C57H101N9O22. The van der Waals surface area contributed by atoms with Crippen molar-refractivity contribution >= 4 is 36.0 Å². The summed E-state index contributed by atoms with van der Waals surface area (Å²) in [7, 11) is 0. The van der Waals surface area contributed by atoms with Crippen LogP contribution in [0.15, 0.2) is 30.3 Å². The number of carbonyl (C=O) groups is 6. The molecule has 0 radical (unpaired) electrons. The third kappa shape index (κ3) is 34.0. The van der Waals surface area contributed by atoms with Crippen LogP contribution in [0.2, 0.25) is 0 Å². The monoisotopic (exact) mass is 1260 g/mol. The second-order valence-electron chi connectivity index (χ2n) is 21.3. The van der Waals surface area contributed by atoms with Crippen LogP contribution in [0.1, 0.15) is 77.7 Å². The molecule has 0 saturated carbocycles. The molecule has 0 spiro atoms. The summed E-state index contributed by atoms with van der Waals surface area (Å²) >= 11 is 0. The maximum absolute atomic E-state index is 13.1. The van der Waals surface area contributed by atoms with Crippen LogP contribution >= 0.6 is 0 Å². The lowest BCUT2D eigenvalue weighted by molar-refractivity contribution is -0.197. The van der Waals surface area contributed by atoms with Crippen molar-refractivity contribution < 1.29 is 107 Å². The Hall–Kier alpha value is -5.36. The van der Waals surface area contributed by atoms with Crippen molar-refractivity contribution in [2.45, 2.75) is 145 Å². The van der Waals surface area contributed by atoms with Crippen LogP contribution in [0.5, 0.6) is 0 Å². The lowest BCUT2D eigenvalue weighted by Crippen LogP contribution is -2.63. The second kappa shape index (κ2) is 46.7. The third-order valence-electron chi connectivity index (χ3n) is 14.0. The number of amides is 9. The van der Waals surface area contributed by atoms with Crippen molar-refractivity contribution in [3.8, 4) is 0 Å². The number of ether oxygens (including phenoxy) is 10. The molecule has 31 nitrogen and oxygen atoms in total. The zero-order valence-electron chi connectivity index (χ0n) is 51.3. The molecule has 88 heavy (non-hydrogen) atoms. The molecule has 506 valence electrons. The minimum atomic E-state index is -1.34. The van der Waals surface area contributed by atoms with Crippen LogP contribution in [0, 0.1) is 0 Å². The summed E-state index contributed by atoms with van der Waals surface area (Å²) in [6, 6.07) is 6.47. The zero-order chi connectivity index (χ0) is 64.2. The van der Waals surface area contributed by atoms with Gasteiger partial charge in [-0.2, -0.15) is 0 Å². The van der Waals surface area contributed by atoms with Gasteiger partial charge >= 0.3 is 24.2 Å². The quantitative estimate of drug-likeness (QED) is 0.0307. The number of nitrogens with one attached hydrogen (secondary N) is 9. The van der Waals surface area contributed by atoms with Crippen molar-refractivity contribution in [3.05, 3.63) is 35.9 Å². The normalized spacial score (nSPS) is 22.3. The van der Waals surface area contributed by atoms with Gasteiger partial charge in [0, 0.05) is 71.9 Å². The summed E-state index contributed by atoms with van der Waals surface area (Å²) in [4.78, 5) is 73.5. The van der Waals surface area contributed by atoms with Crippen LogP contribution in [0.4, 0.5) is 19.2 Å². The Bertz CT molecular complexity index is 1970. The lowest BCUT2D eigenvalue weighted by atomic mass is 9.90. The fourth-order valence-electron chi connectivity index (χ4n) is 9.43. The van der Waals surface area contributed by atoms with Gasteiger partial charge in [0.25, 0.3) is 0 Å². The number of hydrogen-bond donors (Lipinski definition) is 15. The summed E-state index contributed by atoms with van der Waals surface area (Å²) in [5.74, 6) is -0.776. The van der Waals surface area contributed by atoms with Gasteiger partial charge in [-0.3, -0.25) is 9.59 Å². The Morgan fingerprint density at radius 2 is 0.818 bits per heavy atom. The molecule has 3 rings (SSSR count).